The predicted octanol–water partition coefficient (Wildman–Crippen LogP) is 2.17. The molecule has 1 aromatic rings. The lowest BCUT2D eigenvalue weighted by Gasteiger charge is -2.09. The number of amides is 1. The number of non-ortho nitro benzene ring substituents is 1. The molecule has 1 N–H and O–H groups in total. The maximum Gasteiger partial charge on any atom is 0.411 e. The number of nitrogens with zero attached hydrogens (tertiary/aromatic N) is 1. The third kappa shape index (κ3) is 3.33. The minimum absolute atomic E-state index is 0.141. The molecule has 92 valence electrons. The molecule has 0 saturated carbocycles. The number of ether oxygens (including phenoxy) is 2. The van der Waals surface area contributed by atoms with Crippen molar-refractivity contribution in [3.05, 3.63) is 28.3 Å². The largest absolute Gasteiger partial charge is 0.495 e. The Kier molecular flexibility index (Phi) is 4.27. The molecule has 0 bridgehead atoms. The Morgan fingerprint density at radius 1 is 1.53 bits per heavy atom. The molecule has 1 amide bonds. The van der Waals surface area contributed by atoms with Gasteiger partial charge in [0, 0.05) is 12.1 Å². The van der Waals surface area contributed by atoms with Gasteiger partial charge in [-0.05, 0) is 13.0 Å². The number of benzene rings is 1. The van der Waals surface area contributed by atoms with Crippen molar-refractivity contribution in [1.82, 2.24) is 0 Å². The highest BCUT2D eigenvalue weighted by Gasteiger charge is 2.13. The fourth-order valence-electron chi connectivity index (χ4n) is 1.18. The number of anilines is 1. The molecule has 0 aromatic heterocycles. The second-order valence-corrected chi connectivity index (χ2v) is 2.99. The highest BCUT2D eigenvalue weighted by molar-refractivity contribution is 5.87. The summed E-state index contributed by atoms with van der Waals surface area (Å²) in [6.07, 6.45) is -0.689. The lowest BCUT2D eigenvalue weighted by Crippen LogP contribution is -2.14. The molecule has 17 heavy (non-hydrogen) atoms. The first-order chi connectivity index (χ1) is 8.08. The lowest BCUT2D eigenvalue weighted by atomic mass is 10.2. The SMILES string of the molecule is CCOC(=O)Nc1cc([N+](=O)[O-])ccc1OC. The zero-order valence-electron chi connectivity index (χ0n) is 9.43. The third-order valence-electron chi connectivity index (χ3n) is 1.91. The van der Waals surface area contributed by atoms with Crippen molar-refractivity contribution in [2.24, 2.45) is 0 Å². The first-order valence-corrected chi connectivity index (χ1v) is 4.84. The van der Waals surface area contributed by atoms with Crippen molar-refractivity contribution in [3.8, 4) is 5.75 Å². The summed E-state index contributed by atoms with van der Waals surface area (Å²) in [4.78, 5) is 21.2. The summed E-state index contributed by atoms with van der Waals surface area (Å²) in [5.41, 5.74) is 0.0535. The number of nitrogens with one attached hydrogen (secondary N) is 1. The summed E-state index contributed by atoms with van der Waals surface area (Å²) >= 11 is 0. The number of hydrogen-bond donors (Lipinski definition) is 1. The minimum atomic E-state index is -0.689. The number of methoxy groups -OCH3 is 1. The molecule has 1 rings (SSSR count). The van der Waals surface area contributed by atoms with E-state index in [0.717, 1.165) is 0 Å². The molecular formula is C10H12N2O5. The van der Waals surface area contributed by atoms with Gasteiger partial charge >= 0.3 is 6.09 Å². The van der Waals surface area contributed by atoms with Crippen LogP contribution < -0.4 is 10.1 Å². The van der Waals surface area contributed by atoms with Crippen molar-refractivity contribution in [2.75, 3.05) is 19.0 Å². The van der Waals surface area contributed by atoms with Gasteiger partial charge in [0.2, 0.25) is 0 Å². The zero-order chi connectivity index (χ0) is 12.8. The van der Waals surface area contributed by atoms with E-state index in [9.17, 15) is 14.9 Å². The third-order valence-corrected chi connectivity index (χ3v) is 1.91. The van der Waals surface area contributed by atoms with Crippen molar-refractivity contribution in [2.45, 2.75) is 6.92 Å². The topological polar surface area (TPSA) is 90.7 Å². The Bertz CT molecular complexity index is 433. The van der Waals surface area contributed by atoms with Crippen molar-refractivity contribution in [3.63, 3.8) is 0 Å². The van der Waals surface area contributed by atoms with Crippen LogP contribution in [-0.4, -0.2) is 24.7 Å². The van der Waals surface area contributed by atoms with Gasteiger partial charge in [-0.1, -0.05) is 0 Å². The van der Waals surface area contributed by atoms with E-state index in [2.05, 4.69) is 10.1 Å². The van der Waals surface area contributed by atoms with E-state index < -0.39 is 11.0 Å². The van der Waals surface area contributed by atoms with Crippen LogP contribution in [0, 0.1) is 10.1 Å². The maximum atomic E-state index is 11.2. The summed E-state index contributed by atoms with van der Waals surface area (Å²) in [5.74, 6) is 0.323. The number of carbonyl (C=O) groups excluding carboxylic acids is 1. The Balaban J connectivity index is 2.97. The second-order valence-electron chi connectivity index (χ2n) is 2.99. The molecule has 1 aromatic carbocycles. The van der Waals surface area contributed by atoms with Crippen LogP contribution >= 0.6 is 0 Å². The number of rotatable bonds is 4. The number of hydrogen-bond acceptors (Lipinski definition) is 5. The minimum Gasteiger partial charge on any atom is -0.495 e. The first-order valence-electron chi connectivity index (χ1n) is 4.84. The number of nitro benzene ring substituents is 1. The van der Waals surface area contributed by atoms with Gasteiger partial charge < -0.3 is 9.47 Å². The summed E-state index contributed by atoms with van der Waals surface area (Å²) in [5, 5.41) is 13.0. The van der Waals surface area contributed by atoms with Crippen molar-refractivity contribution < 1.29 is 19.2 Å². The van der Waals surface area contributed by atoms with E-state index in [4.69, 9.17) is 4.74 Å². The summed E-state index contributed by atoms with van der Waals surface area (Å²) in [6.45, 7) is 1.87. The van der Waals surface area contributed by atoms with Gasteiger partial charge in [-0.25, -0.2) is 4.79 Å². The second kappa shape index (κ2) is 5.69. The Hall–Kier alpha value is -2.31. The molecule has 0 spiro atoms. The van der Waals surface area contributed by atoms with Crippen LogP contribution in [-0.2, 0) is 4.74 Å². The van der Waals surface area contributed by atoms with Crippen molar-refractivity contribution in [1.29, 1.82) is 0 Å². The van der Waals surface area contributed by atoms with Crippen LogP contribution in [0.1, 0.15) is 6.92 Å². The van der Waals surface area contributed by atoms with Gasteiger partial charge in [0.25, 0.3) is 5.69 Å². The fraction of sp³-hybridized carbons (Fsp3) is 0.300. The molecule has 0 heterocycles. The molecule has 0 unspecified atom stereocenters. The van der Waals surface area contributed by atoms with Crippen LogP contribution in [0.25, 0.3) is 0 Å². The van der Waals surface area contributed by atoms with E-state index in [-0.39, 0.29) is 18.0 Å². The summed E-state index contributed by atoms with van der Waals surface area (Å²) < 4.78 is 9.64. The quantitative estimate of drug-likeness (QED) is 0.643. The van der Waals surface area contributed by atoms with Gasteiger partial charge in [-0.3, -0.25) is 15.4 Å². The van der Waals surface area contributed by atoms with Crippen LogP contribution in [0.4, 0.5) is 16.2 Å². The molecule has 7 nitrogen and oxygen atoms in total. The molecule has 0 aliphatic rings. The molecule has 0 atom stereocenters. The summed E-state index contributed by atoms with van der Waals surface area (Å²) in [6, 6.07) is 3.89. The number of nitro groups is 1. The predicted molar refractivity (Wildman–Crippen MR) is 60.3 cm³/mol. The van der Waals surface area contributed by atoms with Gasteiger partial charge in [0.05, 0.1) is 24.3 Å². The monoisotopic (exact) mass is 240 g/mol. The average Bonchev–Trinajstić information content (AvgIpc) is 2.29. The number of carbonyl (C=O) groups is 1. The average molecular weight is 240 g/mol. The van der Waals surface area contributed by atoms with Gasteiger partial charge in [-0.2, -0.15) is 0 Å². The van der Waals surface area contributed by atoms with Crippen LogP contribution in [0.2, 0.25) is 0 Å². The molecular weight excluding hydrogens is 228 g/mol. The molecule has 0 aliphatic carbocycles. The Morgan fingerprint density at radius 2 is 2.24 bits per heavy atom. The van der Waals surface area contributed by atoms with E-state index >= 15 is 0 Å². The molecule has 0 aliphatic heterocycles. The molecule has 0 saturated heterocycles. The highest BCUT2D eigenvalue weighted by Crippen LogP contribution is 2.28. The normalized spacial score (nSPS) is 9.53. The molecule has 7 heteroatoms. The lowest BCUT2D eigenvalue weighted by molar-refractivity contribution is -0.384. The van der Waals surface area contributed by atoms with E-state index in [1.54, 1.807) is 6.92 Å². The smallest absolute Gasteiger partial charge is 0.411 e. The van der Waals surface area contributed by atoms with Gasteiger partial charge in [0.1, 0.15) is 5.75 Å². The van der Waals surface area contributed by atoms with Gasteiger partial charge in [0.15, 0.2) is 0 Å². The standard InChI is InChI=1S/C10H12N2O5/c1-3-17-10(13)11-8-6-7(12(14)15)4-5-9(8)16-2/h4-6H,3H2,1-2H3,(H,11,13). The van der Waals surface area contributed by atoms with E-state index in [1.807, 2.05) is 0 Å². The molecule has 0 radical (unpaired) electrons. The van der Waals surface area contributed by atoms with Crippen LogP contribution in [0.5, 0.6) is 5.75 Å². The van der Waals surface area contributed by atoms with Crippen molar-refractivity contribution >= 4 is 17.5 Å². The van der Waals surface area contributed by atoms with E-state index in [1.165, 1.54) is 25.3 Å². The Morgan fingerprint density at radius 3 is 2.76 bits per heavy atom. The maximum absolute atomic E-state index is 11.2. The Labute approximate surface area is 97.5 Å². The molecule has 0 fully saturated rings. The zero-order valence-corrected chi connectivity index (χ0v) is 9.43. The first kappa shape index (κ1) is 12.8. The van der Waals surface area contributed by atoms with Gasteiger partial charge in [-0.15, -0.1) is 0 Å². The van der Waals surface area contributed by atoms with E-state index in [0.29, 0.717) is 5.75 Å². The summed E-state index contributed by atoms with van der Waals surface area (Å²) in [7, 11) is 1.40. The van der Waals surface area contributed by atoms with Crippen LogP contribution in [0.15, 0.2) is 18.2 Å². The van der Waals surface area contributed by atoms with Crippen LogP contribution in [0.3, 0.4) is 0 Å². The highest BCUT2D eigenvalue weighted by atomic mass is 16.6. The fourth-order valence-corrected chi connectivity index (χ4v) is 1.18.